The van der Waals surface area contributed by atoms with Gasteiger partial charge in [-0.1, -0.05) is 23.7 Å². The summed E-state index contributed by atoms with van der Waals surface area (Å²) < 4.78 is 53.3. The second-order valence-electron chi connectivity index (χ2n) is 11.6. The van der Waals surface area contributed by atoms with Gasteiger partial charge >= 0.3 is 6.18 Å². The van der Waals surface area contributed by atoms with Crippen LogP contribution >= 0.6 is 20.8 Å². The Morgan fingerprint density at radius 2 is 1.89 bits per heavy atom. The number of H-pyrrole nitrogens is 1. The largest absolute Gasteiger partial charge is 0.474 e. The minimum absolute atomic E-state index is 0.0456. The topological polar surface area (TPSA) is 107 Å². The molecule has 4 aromatic heterocycles. The number of piperidine rings is 1. The second-order valence-corrected chi connectivity index (χ2v) is 12.6. The molecule has 2 unspecified atom stereocenters. The summed E-state index contributed by atoms with van der Waals surface area (Å²) in [5, 5.41) is 8.62. The van der Waals surface area contributed by atoms with Crippen molar-refractivity contribution < 1.29 is 22.6 Å². The molecule has 1 N–H and O–H groups in total. The summed E-state index contributed by atoms with van der Waals surface area (Å²) in [5.41, 5.74) is 3.73. The molecule has 1 aromatic carbocycles. The van der Waals surface area contributed by atoms with E-state index in [2.05, 4.69) is 38.9 Å². The summed E-state index contributed by atoms with van der Waals surface area (Å²) in [6, 6.07) is 13.3. The molecule has 2 saturated heterocycles. The molecule has 0 bridgehead atoms. The number of pyridine rings is 2. The zero-order valence-electron chi connectivity index (χ0n) is 24.7. The number of aromatic nitrogens is 7. The molecule has 2 aliphatic heterocycles. The predicted octanol–water partition coefficient (Wildman–Crippen LogP) is 5.21. The summed E-state index contributed by atoms with van der Waals surface area (Å²) in [6.07, 6.45) is 0.453. The summed E-state index contributed by atoms with van der Waals surface area (Å²) in [4.78, 5) is 18.6. The van der Waals surface area contributed by atoms with E-state index in [1.807, 2.05) is 36.4 Å². The Morgan fingerprint density at radius 3 is 2.61 bits per heavy atom. The van der Waals surface area contributed by atoms with Gasteiger partial charge in [0.25, 0.3) is 0 Å². The maximum atomic E-state index is 13.1. The molecule has 15 heteroatoms. The number of benzene rings is 1. The molecule has 5 aromatic rings. The Morgan fingerprint density at radius 1 is 1.07 bits per heavy atom. The number of hydrogen-bond donors (Lipinski definition) is 1. The van der Waals surface area contributed by atoms with E-state index in [0.29, 0.717) is 35.9 Å². The van der Waals surface area contributed by atoms with E-state index >= 15 is 0 Å². The van der Waals surface area contributed by atoms with Gasteiger partial charge in [0.05, 0.1) is 36.4 Å². The van der Waals surface area contributed by atoms with E-state index in [9.17, 15) is 13.2 Å². The van der Waals surface area contributed by atoms with Crippen LogP contribution in [-0.2, 0) is 30.4 Å². The number of ether oxygens (including phenoxy) is 2. The van der Waals surface area contributed by atoms with E-state index in [1.54, 1.807) is 12.3 Å². The maximum absolute atomic E-state index is 13.1. The first kappa shape index (κ1) is 31.0. The number of nitrogens with one attached hydrogen (secondary N) is 1. The molecule has 0 saturated carbocycles. The van der Waals surface area contributed by atoms with Crippen molar-refractivity contribution >= 4 is 37.2 Å². The van der Waals surface area contributed by atoms with Crippen LogP contribution in [0.4, 0.5) is 13.2 Å². The third kappa shape index (κ3) is 6.88. The van der Waals surface area contributed by atoms with Crippen molar-refractivity contribution in [3.8, 4) is 17.4 Å². The van der Waals surface area contributed by atoms with Crippen LogP contribution in [0.1, 0.15) is 42.2 Å². The van der Waals surface area contributed by atoms with Crippen LogP contribution in [0, 0.1) is 0 Å². The van der Waals surface area contributed by atoms with E-state index in [-0.39, 0.29) is 23.7 Å². The number of rotatable bonds is 9. The average molecular weight is 671 g/mol. The van der Waals surface area contributed by atoms with Crippen molar-refractivity contribution in [3.63, 3.8) is 0 Å². The van der Waals surface area contributed by atoms with Gasteiger partial charge in [0.1, 0.15) is 17.6 Å². The van der Waals surface area contributed by atoms with Gasteiger partial charge in [-0.3, -0.25) is 9.88 Å². The van der Waals surface area contributed by atoms with Crippen molar-refractivity contribution in [2.45, 2.75) is 57.2 Å². The molecule has 6 heterocycles. The van der Waals surface area contributed by atoms with Crippen LogP contribution in [0.5, 0.6) is 5.88 Å². The van der Waals surface area contributed by atoms with Gasteiger partial charge < -0.3 is 19.0 Å². The monoisotopic (exact) mass is 670 g/mol. The highest BCUT2D eigenvalue weighted by molar-refractivity contribution is 7.27. The Balaban J connectivity index is 1.02. The van der Waals surface area contributed by atoms with Gasteiger partial charge in [-0.05, 0) is 54.4 Å². The first-order chi connectivity index (χ1) is 22.2. The van der Waals surface area contributed by atoms with E-state index in [4.69, 9.17) is 31.0 Å². The third-order valence-electron chi connectivity index (χ3n) is 8.34. The molecule has 10 nitrogen and oxygen atoms in total. The quantitative estimate of drug-likeness (QED) is 0.213. The highest BCUT2D eigenvalue weighted by Gasteiger charge is 2.35. The summed E-state index contributed by atoms with van der Waals surface area (Å²) in [6.45, 7) is 3.60. The van der Waals surface area contributed by atoms with Gasteiger partial charge in [-0.15, -0.1) is 19.4 Å². The van der Waals surface area contributed by atoms with E-state index in [1.165, 1.54) is 0 Å². The fourth-order valence-electron chi connectivity index (χ4n) is 5.76. The van der Waals surface area contributed by atoms with Crippen LogP contribution in [0.15, 0.2) is 48.7 Å². The van der Waals surface area contributed by atoms with Crippen molar-refractivity contribution in [2.75, 3.05) is 19.7 Å². The summed E-state index contributed by atoms with van der Waals surface area (Å²) in [7, 11) is 2.73. The molecular weight excluding hydrogens is 640 g/mol. The molecular formula is C31H31ClF3N8O2P. The smallest absolute Gasteiger partial charge is 0.451 e. The zero-order chi connectivity index (χ0) is 31.8. The Labute approximate surface area is 269 Å². The lowest BCUT2D eigenvalue weighted by Crippen LogP contribution is -2.39. The maximum Gasteiger partial charge on any atom is 0.451 e. The molecule has 2 atom stereocenters. The minimum Gasteiger partial charge on any atom is -0.474 e. The number of nitrogens with zero attached hydrogens (tertiary/aromatic N) is 7. The van der Waals surface area contributed by atoms with E-state index < -0.39 is 12.0 Å². The first-order valence-electron chi connectivity index (χ1n) is 15.0. The molecule has 2 aliphatic rings. The lowest BCUT2D eigenvalue weighted by molar-refractivity contribution is -0.144. The van der Waals surface area contributed by atoms with Gasteiger partial charge in [0.15, 0.2) is 5.82 Å². The van der Waals surface area contributed by atoms with Crippen molar-refractivity contribution in [3.05, 3.63) is 76.6 Å². The summed E-state index contributed by atoms with van der Waals surface area (Å²) in [5.74, 6) is 0.243. The molecule has 7 rings (SSSR count). The van der Waals surface area contributed by atoms with E-state index in [0.717, 1.165) is 66.9 Å². The van der Waals surface area contributed by atoms with Gasteiger partial charge in [0.2, 0.25) is 11.7 Å². The highest BCUT2D eigenvalue weighted by atomic mass is 35.5. The fourth-order valence-corrected chi connectivity index (χ4v) is 6.43. The number of alkyl halides is 3. The minimum atomic E-state index is -4.62. The summed E-state index contributed by atoms with van der Waals surface area (Å²) >= 11 is 6.10. The van der Waals surface area contributed by atoms with Crippen LogP contribution in [0.2, 0.25) is 5.02 Å². The fraction of sp³-hybridized carbons (Fsp3) is 0.387. The van der Waals surface area contributed by atoms with Crippen molar-refractivity contribution in [2.24, 2.45) is 0 Å². The molecule has 0 radical (unpaired) electrons. The molecule has 2 fully saturated rings. The molecule has 240 valence electrons. The van der Waals surface area contributed by atoms with Crippen molar-refractivity contribution in [1.82, 2.24) is 39.6 Å². The number of fused-ring (bicyclic) bond motifs is 1. The van der Waals surface area contributed by atoms with Crippen LogP contribution in [-0.4, -0.2) is 71.5 Å². The first-order valence-corrected chi connectivity index (χ1v) is 16.0. The SMILES string of the molecule is FC(F)(F)c1nnc(-c2cc3nc(CN4CCC(Oc5cccc(Cc6ccc(Cl)cc6P)n5)CC4)n(CC4CCO4)c3cn2)[nH]1. The molecule has 0 aliphatic carbocycles. The Hall–Kier alpha value is -3.64. The van der Waals surface area contributed by atoms with Crippen LogP contribution < -0.4 is 10.0 Å². The molecule has 0 amide bonds. The number of hydrogen-bond acceptors (Lipinski definition) is 8. The third-order valence-corrected chi connectivity index (χ3v) is 9.11. The predicted molar refractivity (Wildman–Crippen MR) is 169 cm³/mol. The normalized spacial score (nSPS) is 17.8. The number of likely N-dealkylation sites (tertiary alicyclic amines) is 1. The molecule has 46 heavy (non-hydrogen) atoms. The number of aromatic amines is 1. The molecule has 0 spiro atoms. The van der Waals surface area contributed by atoms with Crippen LogP contribution in [0.25, 0.3) is 22.6 Å². The van der Waals surface area contributed by atoms with Gasteiger partial charge in [-0.2, -0.15) is 13.2 Å². The lowest BCUT2D eigenvalue weighted by Gasteiger charge is -2.32. The Bertz CT molecular complexity index is 1850. The van der Waals surface area contributed by atoms with Gasteiger partial charge in [-0.25, -0.2) is 9.97 Å². The number of halogens is 4. The number of imidazole rings is 1. The highest BCUT2D eigenvalue weighted by Crippen LogP contribution is 2.29. The standard InChI is InChI=1S/C31H31ClF3N8O2P/c32-19-5-4-18(26(46)13-19)12-20-2-1-3-28(37-20)45-21-6-9-42(10-7-21)17-27-38-23-14-24(29-39-30(41-40-29)31(33,34)35)36-15-25(23)43(27)16-22-8-11-44-22/h1-5,13-15,21-22H,6-12,16-17,46H2,(H,39,40,41). The second kappa shape index (κ2) is 12.9. The van der Waals surface area contributed by atoms with Crippen LogP contribution in [0.3, 0.4) is 0 Å². The Kier molecular flexibility index (Phi) is 8.67. The van der Waals surface area contributed by atoms with Gasteiger partial charge in [0, 0.05) is 42.9 Å². The zero-order valence-corrected chi connectivity index (χ0v) is 26.6. The average Bonchev–Trinajstić information content (AvgIpc) is 3.63. The lowest BCUT2D eigenvalue weighted by atomic mass is 10.1. The van der Waals surface area contributed by atoms with Crippen molar-refractivity contribution in [1.29, 1.82) is 0 Å².